The minimum Gasteiger partial charge on any atom is -0.480 e. The Balaban J connectivity index is 2.30. The van der Waals surface area contributed by atoms with Crippen LogP contribution in [0.15, 0.2) is 0 Å². The second-order valence-electron chi connectivity index (χ2n) is 7.94. The fourth-order valence-corrected chi connectivity index (χ4v) is 3.83. The van der Waals surface area contributed by atoms with E-state index in [9.17, 15) is 32.7 Å². The normalized spacial score (nSPS) is 28.3. The van der Waals surface area contributed by atoms with Gasteiger partial charge >= 0.3 is 18.1 Å². The smallest absolute Gasteiger partial charge is 0.471 e. The monoisotopic (exact) mass is 380 g/mol. The number of hydrogen-bond donors (Lipinski definition) is 2. The van der Waals surface area contributed by atoms with Crippen LogP contribution in [0.4, 0.5) is 13.2 Å². The number of likely N-dealkylation sites (tertiary alicyclic amines) is 1. The van der Waals surface area contributed by atoms with Crippen LogP contribution >= 0.6 is 0 Å². The lowest BCUT2D eigenvalue weighted by atomic mass is 9.94. The molecule has 4 atom stereocenters. The summed E-state index contributed by atoms with van der Waals surface area (Å²) in [6, 6.07) is -2.82. The molecule has 1 aliphatic carbocycles. The standard InChI is InChI=1S/C16H23F3N2O5/c1-14(2)7-6-21(9(8(7)14)12(23)24)11(22)10(15(3,4)26-5)20-13(25)16(17,18)19/h7-10H,6H2,1-5H3,(H,20,25)(H,23,24)/t7-,8-,9-,10?/m0/s1. The molecule has 2 amide bonds. The highest BCUT2D eigenvalue weighted by atomic mass is 19.4. The lowest BCUT2D eigenvalue weighted by Gasteiger charge is -2.37. The van der Waals surface area contributed by atoms with E-state index in [-0.39, 0.29) is 23.8 Å². The maximum absolute atomic E-state index is 12.9. The number of hydrogen-bond acceptors (Lipinski definition) is 4. The van der Waals surface area contributed by atoms with E-state index in [1.54, 1.807) is 5.32 Å². The molecule has 1 aliphatic heterocycles. The molecule has 0 aromatic carbocycles. The first-order valence-electron chi connectivity index (χ1n) is 8.12. The van der Waals surface area contributed by atoms with Crippen LogP contribution < -0.4 is 5.32 Å². The van der Waals surface area contributed by atoms with Crippen LogP contribution in [0.3, 0.4) is 0 Å². The number of nitrogens with zero attached hydrogens (tertiary/aromatic N) is 1. The van der Waals surface area contributed by atoms with E-state index < -0.39 is 41.6 Å². The van der Waals surface area contributed by atoms with Crippen LogP contribution in [-0.2, 0) is 19.1 Å². The molecule has 0 aromatic heterocycles. The van der Waals surface area contributed by atoms with Crippen LogP contribution in [0.25, 0.3) is 0 Å². The Bertz CT molecular complexity index is 632. The zero-order chi connectivity index (χ0) is 20.2. The number of carboxylic acids is 1. The molecule has 2 rings (SSSR count). The lowest BCUT2D eigenvalue weighted by molar-refractivity contribution is -0.178. The van der Waals surface area contributed by atoms with Gasteiger partial charge in [0.15, 0.2) is 0 Å². The van der Waals surface area contributed by atoms with E-state index in [1.165, 1.54) is 21.0 Å². The average Bonchev–Trinajstić information content (AvgIpc) is 2.87. The lowest BCUT2D eigenvalue weighted by Crippen LogP contribution is -2.63. The minimum atomic E-state index is -5.18. The van der Waals surface area contributed by atoms with E-state index in [4.69, 9.17) is 4.74 Å². The molecule has 7 nitrogen and oxygen atoms in total. The van der Waals surface area contributed by atoms with Crippen LogP contribution in [-0.4, -0.2) is 65.3 Å². The molecule has 0 aromatic rings. The highest BCUT2D eigenvalue weighted by molar-refractivity contribution is 5.93. The molecule has 1 saturated heterocycles. The molecule has 1 saturated carbocycles. The van der Waals surface area contributed by atoms with Crippen molar-refractivity contribution in [3.63, 3.8) is 0 Å². The van der Waals surface area contributed by atoms with Crippen molar-refractivity contribution in [1.82, 2.24) is 10.2 Å². The molecule has 0 spiro atoms. The van der Waals surface area contributed by atoms with Crippen LogP contribution in [0.1, 0.15) is 27.7 Å². The SMILES string of the molecule is COC(C)(C)C(NC(=O)C(F)(F)F)C(=O)N1C[C@H]2[C@@H]([C@H]1C(=O)O)C2(C)C. The first-order valence-corrected chi connectivity index (χ1v) is 8.12. The van der Waals surface area contributed by atoms with Crippen LogP contribution in [0.2, 0.25) is 0 Å². The summed E-state index contributed by atoms with van der Waals surface area (Å²) < 4.78 is 43.0. The van der Waals surface area contributed by atoms with Crippen molar-refractivity contribution in [3.05, 3.63) is 0 Å². The quantitative estimate of drug-likeness (QED) is 0.743. The van der Waals surface area contributed by atoms with Gasteiger partial charge in [-0.25, -0.2) is 4.79 Å². The Kier molecular flexibility index (Phi) is 4.81. The molecule has 148 valence electrons. The number of aliphatic carboxylic acids is 1. The second kappa shape index (κ2) is 6.11. The molecule has 0 bridgehead atoms. The third-order valence-corrected chi connectivity index (χ3v) is 5.75. The number of alkyl halides is 3. The number of carbonyl (C=O) groups is 3. The topological polar surface area (TPSA) is 95.9 Å². The molecule has 2 N–H and O–H groups in total. The van der Waals surface area contributed by atoms with Gasteiger partial charge < -0.3 is 20.1 Å². The number of rotatable bonds is 5. The summed E-state index contributed by atoms with van der Waals surface area (Å²) >= 11 is 0. The number of carbonyl (C=O) groups excluding carboxylic acids is 2. The first kappa shape index (κ1) is 20.5. The Morgan fingerprint density at radius 3 is 2.23 bits per heavy atom. The Hall–Kier alpha value is -1.84. The van der Waals surface area contributed by atoms with Gasteiger partial charge in [0.25, 0.3) is 0 Å². The number of carboxylic acid groups (broad SMARTS) is 1. The highest BCUT2D eigenvalue weighted by Gasteiger charge is 2.70. The van der Waals surface area contributed by atoms with Crippen molar-refractivity contribution < 1.29 is 37.4 Å². The van der Waals surface area contributed by atoms with Crippen molar-refractivity contribution in [1.29, 1.82) is 0 Å². The summed E-state index contributed by atoms with van der Waals surface area (Å²) in [5.41, 5.74) is -1.72. The van der Waals surface area contributed by atoms with Crippen molar-refractivity contribution in [3.8, 4) is 0 Å². The first-order chi connectivity index (χ1) is 11.7. The van der Waals surface area contributed by atoms with E-state index in [2.05, 4.69) is 0 Å². The van der Waals surface area contributed by atoms with Crippen LogP contribution in [0, 0.1) is 17.3 Å². The summed E-state index contributed by atoms with van der Waals surface area (Å²) in [5.74, 6) is -4.71. The maximum atomic E-state index is 12.9. The molecule has 0 radical (unpaired) electrons. The number of piperidine rings is 1. The zero-order valence-corrected chi connectivity index (χ0v) is 15.2. The largest absolute Gasteiger partial charge is 0.480 e. The summed E-state index contributed by atoms with van der Waals surface area (Å²) in [6.07, 6.45) is -5.18. The van der Waals surface area contributed by atoms with E-state index in [1.807, 2.05) is 13.8 Å². The third-order valence-electron chi connectivity index (χ3n) is 5.75. The van der Waals surface area contributed by atoms with Gasteiger partial charge in [0.2, 0.25) is 5.91 Å². The summed E-state index contributed by atoms with van der Waals surface area (Å²) in [7, 11) is 1.19. The predicted molar refractivity (Wildman–Crippen MR) is 83.0 cm³/mol. The molecule has 2 fully saturated rings. The number of ether oxygens (including phenoxy) is 1. The Morgan fingerprint density at radius 1 is 1.27 bits per heavy atom. The van der Waals surface area contributed by atoms with Crippen LogP contribution in [0.5, 0.6) is 0 Å². The molecule has 10 heteroatoms. The Morgan fingerprint density at radius 2 is 1.81 bits per heavy atom. The van der Waals surface area contributed by atoms with Crippen molar-refractivity contribution >= 4 is 17.8 Å². The predicted octanol–water partition coefficient (Wildman–Crippen LogP) is 1.03. The molecule has 2 aliphatic rings. The summed E-state index contributed by atoms with van der Waals surface area (Å²) in [4.78, 5) is 37.0. The molecule has 1 heterocycles. The Labute approximate surface area is 148 Å². The number of nitrogens with one attached hydrogen (secondary N) is 1. The van der Waals surface area contributed by atoms with Gasteiger partial charge in [-0.1, -0.05) is 13.8 Å². The number of halogens is 3. The van der Waals surface area contributed by atoms with E-state index in [0.717, 1.165) is 4.90 Å². The molecule has 1 unspecified atom stereocenters. The molecule has 26 heavy (non-hydrogen) atoms. The van der Waals surface area contributed by atoms with E-state index in [0.29, 0.717) is 0 Å². The summed E-state index contributed by atoms with van der Waals surface area (Å²) in [6.45, 7) is 6.60. The average molecular weight is 380 g/mol. The zero-order valence-electron chi connectivity index (χ0n) is 15.2. The van der Waals surface area contributed by atoms with Gasteiger partial charge in [-0.2, -0.15) is 13.2 Å². The number of methoxy groups -OCH3 is 1. The fourth-order valence-electron chi connectivity index (χ4n) is 3.83. The minimum absolute atomic E-state index is 0.0443. The highest BCUT2D eigenvalue weighted by Crippen LogP contribution is 2.64. The number of fused-ring (bicyclic) bond motifs is 1. The van der Waals surface area contributed by atoms with Gasteiger partial charge in [-0.3, -0.25) is 9.59 Å². The van der Waals surface area contributed by atoms with Gasteiger partial charge in [-0.05, 0) is 25.2 Å². The van der Waals surface area contributed by atoms with Gasteiger partial charge in [0.1, 0.15) is 12.1 Å². The van der Waals surface area contributed by atoms with Gasteiger partial charge in [-0.15, -0.1) is 0 Å². The third kappa shape index (κ3) is 3.26. The summed E-state index contributed by atoms with van der Waals surface area (Å²) in [5, 5.41) is 11.2. The molecular weight excluding hydrogens is 357 g/mol. The van der Waals surface area contributed by atoms with Gasteiger partial charge in [0.05, 0.1) is 5.60 Å². The second-order valence-corrected chi connectivity index (χ2v) is 7.94. The number of amides is 2. The van der Waals surface area contributed by atoms with Crippen molar-refractivity contribution in [2.75, 3.05) is 13.7 Å². The maximum Gasteiger partial charge on any atom is 0.471 e. The van der Waals surface area contributed by atoms with Crippen molar-refractivity contribution in [2.24, 2.45) is 17.3 Å². The van der Waals surface area contributed by atoms with Gasteiger partial charge in [0, 0.05) is 19.6 Å². The van der Waals surface area contributed by atoms with Crippen molar-refractivity contribution in [2.45, 2.75) is 51.6 Å². The molecular formula is C16H23F3N2O5. The van der Waals surface area contributed by atoms with E-state index >= 15 is 0 Å². The fraction of sp³-hybridized carbons (Fsp3) is 0.812.